The van der Waals surface area contributed by atoms with Crippen LogP contribution >= 0.6 is 22.9 Å². The molecule has 0 spiro atoms. The number of nitrogens with one attached hydrogen (secondary N) is 2. The summed E-state index contributed by atoms with van der Waals surface area (Å²) in [7, 11) is 1.56. The minimum absolute atomic E-state index is 0.383. The van der Waals surface area contributed by atoms with Crippen LogP contribution in [0.5, 0.6) is 5.75 Å². The summed E-state index contributed by atoms with van der Waals surface area (Å²) in [5.74, 6) is 1.02. The summed E-state index contributed by atoms with van der Waals surface area (Å²) in [5.41, 5.74) is 0.510. The lowest BCUT2D eigenvalue weighted by atomic mass is 10.2. The van der Waals surface area contributed by atoms with Crippen LogP contribution in [0.1, 0.15) is 24.6 Å². The number of ether oxygens (including phenoxy) is 1. The molecule has 1 heterocycles. The van der Waals surface area contributed by atoms with Gasteiger partial charge >= 0.3 is 6.03 Å². The van der Waals surface area contributed by atoms with E-state index in [0.29, 0.717) is 27.5 Å². The normalized spacial score (nSPS) is 10.5. The molecule has 1 aromatic carbocycles. The monoisotopic (exact) mass is 325 g/mol. The van der Waals surface area contributed by atoms with Gasteiger partial charge in [0.1, 0.15) is 5.75 Å². The third kappa shape index (κ3) is 4.09. The number of halogens is 1. The van der Waals surface area contributed by atoms with Gasteiger partial charge in [-0.1, -0.05) is 25.4 Å². The largest absolute Gasteiger partial charge is 0.497 e. The van der Waals surface area contributed by atoms with Crippen LogP contribution in [0.3, 0.4) is 0 Å². The zero-order valence-electron chi connectivity index (χ0n) is 11.9. The van der Waals surface area contributed by atoms with E-state index in [2.05, 4.69) is 29.5 Å². The molecule has 2 rings (SSSR count). The summed E-state index contributed by atoms with van der Waals surface area (Å²) in [6.45, 7) is 4.16. The fourth-order valence-electron chi connectivity index (χ4n) is 1.59. The average Bonchev–Trinajstić information content (AvgIpc) is 2.89. The number of hydrogen-bond acceptors (Lipinski definition) is 4. The predicted molar refractivity (Wildman–Crippen MR) is 86.8 cm³/mol. The van der Waals surface area contributed by atoms with Gasteiger partial charge in [-0.2, -0.15) is 0 Å². The lowest BCUT2D eigenvalue weighted by Crippen LogP contribution is -2.19. The Balaban J connectivity index is 2.01. The third-order valence-electron chi connectivity index (χ3n) is 2.74. The van der Waals surface area contributed by atoms with Gasteiger partial charge in [-0.05, 0) is 18.1 Å². The maximum Gasteiger partial charge on any atom is 0.325 e. The zero-order valence-corrected chi connectivity index (χ0v) is 13.5. The molecule has 112 valence electrons. The number of thiazole rings is 1. The molecule has 7 heteroatoms. The van der Waals surface area contributed by atoms with Crippen LogP contribution in [0, 0.1) is 0 Å². The topological polar surface area (TPSA) is 63.2 Å². The van der Waals surface area contributed by atoms with E-state index in [1.165, 1.54) is 11.3 Å². The highest BCUT2D eigenvalue weighted by Gasteiger charge is 2.10. The number of nitrogens with zero attached hydrogens (tertiary/aromatic N) is 1. The molecule has 0 saturated carbocycles. The van der Waals surface area contributed by atoms with Crippen molar-refractivity contribution >= 4 is 39.8 Å². The second-order valence-corrected chi connectivity index (χ2v) is 6.12. The van der Waals surface area contributed by atoms with Crippen molar-refractivity contribution in [3.63, 3.8) is 0 Å². The van der Waals surface area contributed by atoms with Gasteiger partial charge in [-0.25, -0.2) is 9.78 Å². The maximum atomic E-state index is 11.9. The van der Waals surface area contributed by atoms with Gasteiger partial charge in [0.2, 0.25) is 0 Å². The summed E-state index contributed by atoms with van der Waals surface area (Å²) < 4.78 is 5.05. The first kappa shape index (κ1) is 15.6. The molecular formula is C14H16ClN3O2S. The number of aromatic nitrogens is 1. The van der Waals surface area contributed by atoms with Crippen molar-refractivity contribution in [3.8, 4) is 5.75 Å². The van der Waals surface area contributed by atoms with E-state index in [-0.39, 0.29) is 6.03 Å². The fraction of sp³-hybridized carbons (Fsp3) is 0.286. The minimum Gasteiger partial charge on any atom is -0.497 e. The summed E-state index contributed by atoms with van der Waals surface area (Å²) in [6.07, 6.45) is 1.77. The molecule has 2 amide bonds. The van der Waals surface area contributed by atoms with Gasteiger partial charge < -0.3 is 10.1 Å². The highest BCUT2D eigenvalue weighted by molar-refractivity contribution is 7.15. The van der Waals surface area contributed by atoms with E-state index in [0.717, 1.165) is 4.88 Å². The van der Waals surface area contributed by atoms with Crippen LogP contribution in [-0.4, -0.2) is 18.1 Å². The van der Waals surface area contributed by atoms with Crippen molar-refractivity contribution < 1.29 is 9.53 Å². The number of carbonyl (C=O) groups excluding carboxylic acids is 1. The molecule has 0 aliphatic carbocycles. The van der Waals surface area contributed by atoms with Crippen LogP contribution < -0.4 is 15.4 Å². The number of methoxy groups -OCH3 is 1. The summed E-state index contributed by atoms with van der Waals surface area (Å²) in [5, 5.41) is 6.33. The Morgan fingerprint density at radius 3 is 2.71 bits per heavy atom. The molecule has 2 aromatic rings. The number of anilines is 2. The molecule has 0 radical (unpaired) electrons. The number of rotatable bonds is 4. The number of urea groups is 1. The van der Waals surface area contributed by atoms with Gasteiger partial charge in [0.05, 0.1) is 17.8 Å². The van der Waals surface area contributed by atoms with E-state index >= 15 is 0 Å². The van der Waals surface area contributed by atoms with Gasteiger partial charge in [0.25, 0.3) is 0 Å². The van der Waals surface area contributed by atoms with Crippen LogP contribution in [0.4, 0.5) is 15.6 Å². The molecule has 0 bridgehead atoms. The second-order valence-electron chi connectivity index (χ2n) is 4.65. The van der Waals surface area contributed by atoms with Gasteiger partial charge in [0.15, 0.2) is 5.13 Å². The number of benzene rings is 1. The Bertz CT molecular complexity index is 643. The summed E-state index contributed by atoms with van der Waals surface area (Å²) in [4.78, 5) is 17.2. The van der Waals surface area contributed by atoms with Crippen molar-refractivity contribution in [3.05, 3.63) is 34.3 Å². The van der Waals surface area contributed by atoms with E-state index in [1.807, 2.05) is 0 Å². The Hall–Kier alpha value is -1.79. The quantitative estimate of drug-likeness (QED) is 0.865. The molecule has 0 aliphatic rings. The number of amides is 2. The van der Waals surface area contributed by atoms with Crippen LogP contribution in [0.15, 0.2) is 24.4 Å². The van der Waals surface area contributed by atoms with Crippen LogP contribution in [0.2, 0.25) is 5.02 Å². The molecule has 0 saturated heterocycles. The first-order valence-corrected chi connectivity index (χ1v) is 7.56. The Morgan fingerprint density at radius 1 is 1.38 bits per heavy atom. The van der Waals surface area contributed by atoms with Crippen LogP contribution in [-0.2, 0) is 0 Å². The maximum absolute atomic E-state index is 11.9. The number of carbonyl (C=O) groups is 1. The summed E-state index contributed by atoms with van der Waals surface area (Å²) in [6, 6.07) is 4.66. The van der Waals surface area contributed by atoms with Crippen molar-refractivity contribution in [2.45, 2.75) is 19.8 Å². The molecule has 1 aromatic heterocycles. The molecule has 0 fully saturated rings. The van der Waals surface area contributed by atoms with Crippen LogP contribution in [0.25, 0.3) is 0 Å². The first-order valence-electron chi connectivity index (χ1n) is 6.37. The van der Waals surface area contributed by atoms with E-state index in [4.69, 9.17) is 16.3 Å². The SMILES string of the molecule is COc1ccc(NC(=O)Nc2ncc(C(C)C)s2)c(Cl)c1. The Labute approximate surface area is 132 Å². The second kappa shape index (κ2) is 6.78. The third-order valence-corrected chi connectivity index (χ3v) is 4.26. The molecule has 0 unspecified atom stereocenters. The van der Waals surface area contributed by atoms with Gasteiger partial charge in [-0.15, -0.1) is 11.3 Å². The fourth-order valence-corrected chi connectivity index (χ4v) is 2.62. The first-order chi connectivity index (χ1) is 9.99. The van der Waals surface area contributed by atoms with E-state index in [9.17, 15) is 4.79 Å². The highest BCUT2D eigenvalue weighted by atomic mass is 35.5. The van der Waals surface area contributed by atoms with Crippen molar-refractivity contribution in [2.75, 3.05) is 17.7 Å². The summed E-state index contributed by atoms with van der Waals surface area (Å²) >= 11 is 7.52. The molecular weight excluding hydrogens is 310 g/mol. The Morgan fingerprint density at radius 2 is 2.14 bits per heavy atom. The number of hydrogen-bond donors (Lipinski definition) is 2. The van der Waals surface area contributed by atoms with Gasteiger partial charge in [-0.3, -0.25) is 5.32 Å². The Kier molecular flexibility index (Phi) is 5.03. The average molecular weight is 326 g/mol. The molecule has 21 heavy (non-hydrogen) atoms. The van der Waals surface area contributed by atoms with Crippen molar-refractivity contribution in [1.29, 1.82) is 0 Å². The predicted octanol–water partition coefficient (Wildman–Crippen LogP) is 4.57. The standard InChI is InChI=1S/C14H16ClN3O2S/c1-8(2)12-7-16-14(21-12)18-13(19)17-11-5-4-9(20-3)6-10(11)15/h4-8H,1-3H3,(H2,16,17,18,19). The lowest BCUT2D eigenvalue weighted by Gasteiger charge is -2.08. The molecule has 5 nitrogen and oxygen atoms in total. The van der Waals surface area contributed by atoms with Gasteiger partial charge in [0, 0.05) is 17.1 Å². The molecule has 2 N–H and O–H groups in total. The molecule has 0 atom stereocenters. The highest BCUT2D eigenvalue weighted by Crippen LogP contribution is 2.28. The van der Waals surface area contributed by atoms with Crippen molar-refractivity contribution in [2.24, 2.45) is 0 Å². The lowest BCUT2D eigenvalue weighted by molar-refractivity contribution is 0.262. The zero-order chi connectivity index (χ0) is 15.4. The van der Waals surface area contributed by atoms with E-state index in [1.54, 1.807) is 31.5 Å². The van der Waals surface area contributed by atoms with Crippen molar-refractivity contribution in [1.82, 2.24) is 4.98 Å². The smallest absolute Gasteiger partial charge is 0.325 e. The minimum atomic E-state index is -0.383. The molecule has 0 aliphatic heterocycles. The van der Waals surface area contributed by atoms with E-state index < -0.39 is 0 Å².